The summed E-state index contributed by atoms with van der Waals surface area (Å²) in [5, 5.41) is 3.67. The van der Waals surface area contributed by atoms with Crippen molar-refractivity contribution in [1.29, 1.82) is 0 Å². The number of aryl methyl sites for hydroxylation is 1. The maximum absolute atomic E-state index is 11.7. The molecule has 1 amide bonds. The number of hydrogen-bond acceptors (Lipinski definition) is 6. The van der Waals surface area contributed by atoms with E-state index in [1.54, 1.807) is 0 Å². The highest BCUT2D eigenvalue weighted by atomic mass is 32.1. The lowest BCUT2D eigenvalue weighted by atomic mass is 10.4. The second kappa shape index (κ2) is 7.22. The van der Waals surface area contributed by atoms with Crippen molar-refractivity contribution in [2.24, 2.45) is 0 Å². The van der Waals surface area contributed by atoms with Gasteiger partial charge in [0.2, 0.25) is 11.0 Å². The predicted octanol–water partition coefficient (Wildman–Crippen LogP) is 0.108. The molecule has 0 radical (unpaired) electrons. The van der Waals surface area contributed by atoms with E-state index >= 15 is 0 Å². The number of nitrogens with one attached hydrogen (secondary N) is 1. The highest BCUT2D eigenvalue weighted by molar-refractivity contribution is 7.09. The van der Waals surface area contributed by atoms with Gasteiger partial charge in [0.25, 0.3) is 0 Å². The van der Waals surface area contributed by atoms with Gasteiger partial charge in [-0.2, -0.15) is 4.37 Å². The van der Waals surface area contributed by atoms with Crippen LogP contribution in [0.3, 0.4) is 0 Å². The van der Waals surface area contributed by atoms with E-state index < -0.39 is 0 Å². The van der Waals surface area contributed by atoms with Gasteiger partial charge in [0.1, 0.15) is 5.82 Å². The Hall–Kier alpha value is -1.65. The minimum atomic E-state index is -0.0110. The van der Waals surface area contributed by atoms with E-state index in [1.807, 2.05) is 6.92 Å². The molecule has 1 aromatic heterocycles. The molecule has 20 heavy (non-hydrogen) atoms. The van der Waals surface area contributed by atoms with Gasteiger partial charge in [0.05, 0.1) is 13.1 Å². The fraction of sp³-hybridized carbons (Fsp3) is 0.615. The monoisotopic (exact) mass is 293 g/mol. The number of anilines is 1. The summed E-state index contributed by atoms with van der Waals surface area (Å²) in [5.41, 5.74) is 0. The molecule has 1 aliphatic heterocycles. The van der Waals surface area contributed by atoms with Crippen LogP contribution in [0.5, 0.6) is 0 Å². The minimum absolute atomic E-state index is 0.0110. The highest BCUT2D eigenvalue weighted by Gasteiger charge is 2.19. The van der Waals surface area contributed by atoms with Crippen LogP contribution in [-0.2, 0) is 4.79 Å². The Morgan fingerprint density at radius 2 is 2.30 bits per heavy atom. The lowest BCUT2D eigenvalue weighted by Gasteiger charge is -2.20. The smallest absolute Gasteiger partial charge is 0.234 e. The number of nitrogens with zero attached hydrogens (tertiary/aromatic N) is 4. The van der Waals surface area contributed by atoms with Gasteiger partial charge < -0.3 is 10.2 Å². The Balaban J connectivity index is 1.83. The van der Waals surface area contributed by atoms with Gasteiger partial charge in [-0.1, -0.05) is 5.92 Å². The molecule has 0 atom stereocenters. The first-order valence-corrected chi connectivity index (χ1v) is 7.44. The SMILES string of the molecule is C#CCNC(=O)CN1CCCN(c2nc(C)ns2)CC1. The first kappa shape index (κ1) is 14.8. The quantitative estimate of drug-likeness (QED) is 0.798. The van der Waals surface area contributed by atoms with Crippen molar-refractivity contribution in [1.82, 2.24) is 19.6 Å². The summed E-state index contributed by atoms with van der Waals surface area (Å²) in [6.07, 6.45) is 6.14. The van der Waals surface area contributed by atoms with Gasteiger partial charge in [0, 0.05) is 37.7 Å². The fourth-order valence-corrected chi connectivity index (χ4v) is 2.87. The van der Waals surface area contributed by atoms with E-state index in [0.717, 1.165) is 43.6 Å². The number of hydrogen-bond donors (Lipinski definition) is 1. The average Bonchev–Trinajstić information content (AvgIpc) is 2.72. The first-order chi connectivity index (χ1) is 9.69. The molecule has 1 fully saturated rings. The van der Waals surface area contributed by atoms with E-state index in [2.05, 4.69) is 30.4 Å². The summed E-state index contributed by atoms with van der Waals surface area (Å²) >= 11 is 1.44. The molecule has 1 aliphatic rings. The van der Waals surface area contributed by atoms with Crippen LogP contribution in [0.2, 0.25) is 0 Å². The van der Waals surface area contributed by atoms with Crippen molar-refractivity contribution in [3.8, 4) is 12.3 Å². The molecule has 0 aliphatic carbocycles. The van der Waals surface area contributed by atoms with Gasteiger partial charge in [-0.15, -0.1) is 6.42 Å². The molecular weight excluding hydrogens is 274 g/mol. The Kier molecular flexibility index (Phi) is 5.32. The number of terminal acetylenes is 1. The molecule has 7 heteroatoms. The number of aromatic nitrogens is 2. The van der Waals surface area contributed by atoms with E-state index in [1.165, 1.54) is 11.5 Å². The molecule has 2 heterocycles. The number of carbonyl (C=O) groups is 1. The van der Waals surface area contributed by atoms with E-state index in [9.17, 15) is 4.79 Å². The van der Waals surface area contributed by atoms with Crippen LogP contribution in [-0.4, -0.2) is 59.4 Å². The Bertz CT molecular complexity index is 495. The van der Waals surface area contributed by atoms with E-state index in [0.29, 0.717) is 13.1 Å². The van der Waals surface area contributed by atoms with Gasteiger partial charge >= 0.3 is 0 Å². The van der Waals surface area contributed by atoms with Gasteiger partial charge in [-0.05, 0) is 13.3 Å². The lowest BCUT2D eigenvalue weighted by molar-refractivity contribution is -0.121. The zero-order valence-electron chi connectivity index (χ0n) is 11.6. The average molecular weight is 293 g/mol. The fourth-order valence-electron chi connectivity index (χ4n) is 2.14. The van der Waals surface area contributed by atoms with Crippen molar-refractivity contribution in [2.45, 2.75) is 13.3 Å². The third-order valence-electron chi connectivity index (χ3n) is 3.13. The van der Waals surface area contributed by atoms with Crippen molar-refractivity contribution < 1.29 is 4.79 Å². The third kappa shape index (κ3) is 4.18. The van der Waals surface area contributed by atoms with Gasteiger partial charge in [-0.25, -0.2) is 4.98 Å². The summed E-state index contributed by atoms with van der Waals surface area (Å²) in [6, 6.07) is 0. The Morgan fingerprint density at radius 1 is 1.45 bits per heavy atom. The molecular formula is C13H19N5OS. The zero-order valence-corrected chi connectivity index (χ0v) is 12.4. The molecule has 0 spiro atoms. The summed E-state index contributed by atoms with van der Waals surface area (Å²) in [6.45, 7) is 6.20. The Morgan fingerprint density at radius 3 is 3.00 bits per heavy atom. The van der Waals surface area contributed by atoms with Crippen LogP contribution in [0.15, 0.2) is 0 Å². The van der Waals surface area contributed by atoms with Crippen LogP contribution in [0.4, 0.5) is 5.13 Å². The molecule has 108 valence electrons. The van der Waals surface area contributed by atoms with Gasteiger partial charge in [-0.3, -0.25) is 9.69 Å². The lowest BCUT2D eigenvalue weighted by Crippen LogP contribution is -2.39. The first-order valence-electron chi connectivity index (χ1n) is 6.67. The summed E-state index contributed by atoms with van der Waals surface area (Å²) in [4.78, 5) is 20.5. The largest absolute Gasteiger partial charge is 0.346 e. The maximum Gasteiger partial charge on any atom is 0.234 e. The molecule has 2 rings (SSSR count). The molecule has 6 nitrogen and oxygen atoms in total. The summed E-state index contributed by atoms with van der Waals surface area (Å²) in [7, 11) is 0. The molecule has 0 bridgehead atoms. The number of carbonyl (C=O) groups excluding carboxylic acids is 1. The second-order valence-corrected chi connectivity index (χ2v) is 5.45. The Labute approximate surface area is 123 Å². The minimum Gasteiger partial charge on any atom is -0.346 e. The van der Waals surface area contributed by atoms with Crippen molar-refractivity contribution in [3.05, 3.63) is 5.82 Å². The topological polar surface area (TPSA) is 61.4 Å². The number of amides is 1. The van der Waals surface area contributed by atoms with Crippen LogP contribution in [0.25, 0.3) is 0 Å². The molecule has 0 unspecified atom stereocenters. The van der Waals surface area contributed by atoms with Crippen LogP contribution >= 0.6 is 11.5 Å². The van der Waals surface area contributed by atoms with Gasteiger partial charge in [0.15, 0.2) is 0 Å². The summed E-state index contributed by atoms with van der Waals surface area (Å²) in [5.74, 6) is 3.21. The van der Waals surface area contributed by atoms with Crippen molar-refractivity contribution >= 4 is 22.6 Å². The molecule has 1 saturated heterocycles. The van der Waals surface area contributed by atoms with Crippen LogP contribution in [0.1, 0.15) is 12.2 Å². The van der Waals surface area contributed by atoms with Crippen molar-refractivity contribution in [3.63, 3.8) is 0 Å². The highest BCUT2D eigenvalue weighted by Crippen LogP contribution is 2.18. The third-order valence-corrected chi connectivity index (χ3v) is 4.00. The van der Waals surface area contributed by atoms with Crippen molar-refractivity contribution in [2.75, 3.05) is 44.2 Å². The van der Waals surface area contributed by atoms with Crippen LogP contribution < -0.4 is 10.2 Å². The molecule has 1 N–H and O–H groups in total. The molecule has 0 saturated carbocycles. The standard InChI is InChI=1S/C13H19N5OS/c1-3-5-14-12(19)10-17-6-4-7-18(9-8-17)13-15-11(2)16-20-13/h1H,4-10H2,2H3,(H,14,19). The van der Waals surface area contributed by atoms with E-state index in [-0.39, 0.29) is 5.91 Å². The number of rotatable bonds is 4. The maximum atomic E-state index is 11.7. The molecule has 0 aromatic carbocycles. The zero-order chi connectivity index (χ0) is 14.4. The van der Waals surface area contributed by atoms with E-state index in [4.69, 9.17) is 6.42 Å². The van der Waals surface area contributed by atoms with Crippen LogP contribution in [0, 0.1) is 19.3 Å². The summed E-state index contributed by atoms with van der Waals surface area (Å²) < 4.78 is 4.22. The molecule has 1 aromatic rings. The predicted molar refractivity (Wildman–Crippen MR) is 79.8 cm³/mol. The second-order valence-electron chi connectivity index (χ2n) is 4.72. The normalized spacial score (nSPS) is 16.5.